The van der Waals surface area contributed by atoms with Crippen molar-refractivity contribution in [3.63, 3.8) is 0 Å². The van der Waals surface area contributed by atoms with E-state index in [1.165, 1.54) is 0 Å². The molecule has 27 heavy (non-hydrogen) atoms. The van der Waals surface area contributed by atoms with Crippen LogP contribution in [0.25, 0.3) is 0 Å². The highest BCUT2D eigenvalue weighted by molar-refractivity contribution is 6.03. The highest BCUT2D eigenvalue weighted by Gasteiger charge is 2.30. The van der Waals surface area contributed by atoms with Gasteiger partial charge in [0.15, 0.2) is 23.1 Å². The number of rotatable bonds is 5. The molecule has 0 aromatic heterocycles. The Morgan fingerprint density at radius 1 is 0.963 bits per heavy atom. The number of alkyl halides is 3. The third kappa shape index (κ3) is 4.48. The number of hydrogen-bond acceptors (Lipinski definition) is 4. The molecule has 0 N–H and O–H groups in total. The predicted molar refractivity (Wildman–Crippen MR) is 90.8 cm³/mol. The molecule has 4 nitrogen and oxygen atoms in total. The van der Waals surface area contributed by atoms with E-state index in [4.69, 9.17) is 9.47 Å². The zero-order chi connectivity index (χ0) is 19.4. The maximum Gasteiger partial charge on any atom is 0.416 e. The fourth-order valence-electron chi connectivity index (χ4n) is 2.80. The molecule has 1 aromatic rings. The number of hydrogen-bond donors (Lipinski definition) is 0. The second-order valence-corrected chi connectivity index (χ2v) is 6.07. The number of ether oxygens (including phenoxy) is 2. The molecule has 0 saturated carbocycles. The van der Waals surface area contributed by atoms with Crippen molar-refractivity contribution in [2.75, 3.05) is 13.2 Å². The van der Waals surface area contributed by atoms with Gasteiger partial charge in [0, 0.05) is 18.4 Å². The van der Waals surface area contributed by atoms with Gasteiger partial charge >= 0.3 is 6.18 Å². The SMILES string of the molecule is O=C(CCC(=O)c1ccc(C(F)(F)F)cc1)C1=C2OCCOC2=CCC=C1. The predicted octanol–water partition coefficient (Wildman–Crippen LogP) is 4.38. The summed E-state index contributed by atoms with van der Waals surface area (Å²) in [4.78, 5) is 24.8. The lowest BCUT2D eigenvalue weighted by Gasteiger charge is -2.22. The minimum atomic E-state index is -4.45. The van der Waals surface area contributed by atoms with Crippen LogP contribution in [0.2, 0.25) is 0 Å². The second-order valence-electron chi connectivity index (χ2n) is 6.07. The van der Waals surface area contributed by atoms with E-state index in [0.29, 0.717) is 36.7 Å². The van der Waals surface area contributed by atoms with Crippen molar-refractivity contribution in [2.45, 2.75) is 25.4 Å². The second kappa shape index (κ2) is 7.82. The molecule has 3 rings (SSSR count). The molecule has 0 radical (unpaired) electrons. The quantitative estimate of drug-likeness (QED) is 0.714. The minimum absolute atomic E-state index is 0.0698. The van der Waals surface area contributed by atoms with E-state index >= 15 is 0 Å². The Morgan fingerprint density at radius 3 is 2.33 bits per heavy atom. The molecule has 0 atom stereocenters. The molecule has 0 spiro atoms. The maximum atomic E-state index is 12.6. The first-order valence-corrected chi connectivity index (χ1v) is 8.47. The van der Waals surface area contributed by atoms with Crippen LogP contribution in [0.4, 0.5) is 13.2 Å². The van der Waals surface area contributed by atoms with Gasteiger partial charge in [0.2, 0.25) is 0 Å². The van der Waals surface area contributed by atoms with E-state index in [-0.39, 0.29) is 24.2 Å². The number of carbonyl (C=O) groups excluding carboxylic acids is 2. The van der Waals surface area contributed by atoms with Crippen LogP contribution < -0.4 is 0 Å². The molecule has 1 saturated heterocycles. The highest BCUT2D eigenvalue weighted by Crippen LogP contribution is 2.30. The first-order chi connectivity index (χ1) is 12.9. The topological polar surface area (TPSA) is 52.6 Å². The number of halogens is 3. The summed E-state index contributed by atoms with van der Waals surface area (Å²) in [5.41, 5.74) is -0.333. The summed E-state index contributed by atoms with van der Waals surface area (Å²) in [6.07, 6.45) is 1.25. The van der Waals surface area contributed by atoms with Gasteiger partial charge in [0.1, 0.15) is 13.2 Å². The summed E-state index contributed by atoms with van der Waals surface area (Å²) in [6.45, 7) is 0.741. The fourth-order valence-corrected chi connectivity index (χ4v) is 2.80. The van der Waals surface area contributed by atoms with Gasteiger partial charge in [-0.05, 0) is 24.6 Å². The van der Waals surface area contributed by atoms with Gasteiger partial charge in [-0.15, -0.1) is 0 Å². The number of Topliss-reactive ketones (excluding diaryl/α,β-unsaturated/α-hetero) is 2. The largest absolute Gasteiger partial charge is 0.486 e. The third-order valence-electron chi connectivity index (χ3n) is 4.19. The summed E-state index contributed by atoms with van der Waals surface area (Å²) >= 11 is 0. The molecule has 1 heterocycles. The van der Waals surface area contributed by atoms with Gasteiger partial charge in [0.25, 0.3) is 0 Å². The van der Waals surface area contributed by atoms with Crippen molar-refractivity contribution in [3.8, 4) is 0 Å². The van der Waals surface area contributed by atoms with Crippen LogP contribution >= 0.6 is 0 Å². The lowest BCUT2D eigenvalue weighted by atomic mass is 9.99. The average Bonchev–Trinajstić information content (AvgIpc) is 2.88. The van der Waals surface area contributed by atoms with E-state index in [9.17, 15) is 22.8 Å². The van der Waals surface area contributed by atoms with Crippen LogP contribution in [0.1, 0.15) is 35.2 Å². The standard InChI is InChI=1S/C20H17F3O4/c21-20(22,23)14-7-5-13(6-8-14)16(24)9-10-17(25)15-3-1-2-4-18-19(15)27-12-11-26-18/h1,3-8H,2,9-12H2. The van der Waals surface area contributed by atoms with E-state index in [2.05, 4.69) is 0 Å². The Kier molecular flexibility index (Phi) is 5.48. The monoisotopic (exact) mass is 378 g/mol. The summed E-state index contributed by atoms with van der Waals surface area (Å²) in [5.74, 6) is 0.224. The van der Waals surface area contributed by atoms with Crippen LogP contribution in [0.15, 0.2) is 59.6 Å². The first-order valence-electron chi connectivity index (χ1n) is 8.47. The van der Waals surface area contributed by atoms with Crippen LogP contribution in [-0.4, -0.2) is 24.8 Å². The highest BCUT2D eigenvalue weighted by atomic mass is 19.4. The zero-order valence-corrected chi connectivity index (χ0v) is 14.3. The smallest absolute Gasteiger partial charge is 0.416 e. The average molecular weight is 378 g/mol. The molecule has 7 heteroatoms. The molecular formula is C20H17F3O4. The molecule has 2 aliphatic rings. The number of allylic oxidation sites excluding steroid dienone is 4. The minimum Gasteiger partial charge on any atom is -0.486 e. The Balaban J connectivity index is 1.67. The number of carbonyl (C=O) groups is 2. The Morgan fingerprint density at radius 2 is 1.63 bits per heavy atom. The van der Waals surface area contributed by atoms with Crippen molar-refractivity contribution in [1.82, 2.24) is 0 Å². The van der Waals surface area contributed by atoms with Crippen LogP contribution in [0.3, 0.4) is 0 Å². The third-order valence-corrected chi connectivity index (χ3v) is 4.19. The molecule has 0 amide bonds. The van der Waals surface area contributed by atoms with Gasteiger partial charge in [0.05, 0.1) is 11.1 Å². The Hall–Kier alpha value is -2.83. The van der Waals surface area contributed by atoms with E-state index in [1.807, 2.05) is 6.08 Å². The van der Waals surface area contributed by atoms with Crippen molar-refractivity contribution in [3.05, 3.63) is 70.7 Å². The number of fused-ring (bicyclic) bond motifs is 1. The molecule has 0 unspecified atom stereocenters. The van der Waals surface area contributed by atoms with Gasteiger partial charge in [-0.25, -0.2) is 0 Å². The molecule has 1 aliphatic heterocycles. The lowest BCUT2D eigenvalue weighted by molar-refractivity contribution is -0.137. The fraction of sp³-hybridized carbons (Fsp3) is 0.300. The Labute approximate surface area is 154 Å². The van der Waals surface area contributed by atoms with E-state index in [0.717, 1.165) is 24.3 Å². The Bertz CT molecular complexity index is 830. The molecule has 1 aromatic carbocycles. The van der Waals surface area contributed by atoms with Crippen LogP contribution in [0.5, 0.6) is 0 Å². The van der Waals surface area contributed by atoms with Crippen LogP contribution in [0, 0.1) is 0 Å². The lowest BCUT2D eigenvalue weighted by Crippen LogP contribution is -2.18. The summed E-state index contributed by atoms with van der Waals surface area (Å²) in [5, 5.41) is 0. The molecule has 1 aliphatic carbocycles. The first kappa shape index (κ1) is 18.9. The van der Waals surface area contributed by atoms with Crippen molar-refractivity contribution in [1.29, 1.82) is 0 Å². The number of benzene rings is 1. The molecule has 0 bridgehead atoms. The van der Waals surface area contributed by atoms with Crippen molar-refractivity contribution >= 4 is 11.6 Å². The maximum absolute atomic E-state index is 12.6. The van der Waals surface area contributed by atoms with Crippen LogP contribution in [-0.2, 0) is 20.4 Å². The molecular weight excluding hydrogens is 361 g/mol. The van der Waals surface area contributed by atoms with Gasteiger partial charge in [-0.1, -0.05) is 24.3 Å². The summed E-state index contributed by atoms with van der Waals surface area (Å²) < 4.78 is 48.8. The summed E-state index contributed by atoms with van der Waals surface area (Å²) in [7, 11) is 0. The van der Waals surface area contributed by atoms with E-state index < -0.39 is 17.5 Å². The normalized spacial score (nSPS) is 16.6. The molecule has 142 valence electrons. The molecule has 1 fully saturated rings. The van der Waals surface area contributed by atoms with Gasteiger partial charge in [-0.3, -0.25) is 9.59 Å². The van der Waals surface area contributed by atoms with E-state index in [1.54, 1.807) is 12.2 Å². The van der Waals surface area contributed by atoms with Gasteiger partial charge < -0.3 is 9.47 Å². The summed E-state index contributed by atoms with van der Waals surface area (Å²) in [6, 6.07) is 3.97. The van der Waals surface area contributed by atoms with Gasteiger partial charge in [-0.2, -0.15) is 13.2 Å². The van der Waals surface area contributed by atoms with Crippen molar-refractivity contribution < 1.29 is 32.2 Å². The van der Waals surface area contributed by atoms with Crippen molar-refractivity contribution in [2.24, 2.45) is 0 Å². The number of ketones is 2. The zero-order valence-electron chi connectivity index (χ0n) is 14.3.